The zero-order chi connectivity index (χ0) is 11.1. The Morgan fingerprint density at radius 3 is 2.60 bits per heavy atom. The average Bonchev–Trinajstić information content (AvgIpc) is 2.21. The molecule has 0 aromatic rings. The van der Waals surface area contributed by atoms with Crippen LogP contribution in [0.25, 0.3) is 0 Å². The highest BCUT2D eigenvalue weighted by Gasteiger charge is 2.14. The summed E-state index contributed by atoms with van der Waals surface area (Å²) in [6.45, 7) is 11.9. The number of nitrogens with one attached hydrogen (secondary N) is 1. The molecule has 0 radical (unpaired) electrons. The maximum Gasteiger partial charge on any atom is 0.0107 e. The molecule has 2 nitrogen and oxygen atoms in total. The molecule has 0 aromatic carbocycles. The van der Waals surface area contributed by atoms with Crippen molar-refractivity contribution >= 4 is 0 Å². The van der Waals surface area contributed by atoms with E-state index in [0.717, 1.165) is 12.5 Å². The van der Waals surface area contributed by atoms with Gasteiger partial charge in [0.1, 0.15) is 0 Å². The zero-order valence-electron chi connectivity index (χ0n) is 10.8. The van der Waals surface area contributed by atoms with Gasteiger partial charge in [-0.2, -0.15) is 0 Å². The van der Waals surface area contributed by atoms with Gasteiger partial charge in [0.15, 0.2) is 0 Å². The molecule has 15 heavy (non-hydrogen) atoms. The van der Waals surface area contributed by atoms with E-state index in [2.05, 4.69) is 31.0 Å². The fourth-order valence-electron chi connectivity index (χ4n) is 2.29. The Labute approximate surface area is 95.4 Å². The molecule has 1 aliphatic rings. The predicted octanol–water partition coefficient (Wildman–Crippen LogP) is 2.50. The SMILES string of the molecule is CCCC(C)NCCN1CCC(C)CC1. The lowest BCUT2D eigenvalue weighted by atomic mass is 9.99. The first kappa shape index (κ1) is 13.0. The summed E-state index contributed by atoms with van der Waals surface area (Å²) in [7, 11) is 0. The molecule has 0 saturated carbocycles. The summed E-state index contributed by atoms with van der Waals surface area (Å²) in [6, 6.07) is 0.693. The standard InChI is InChI=1S/C13H28N2/c1-4-5-13(3)14-8-11-15-9-6-12(2)7-10-15/h12-14H,4-11H2,1-3H3. The van der Waals surface area contributed by atoms with Crippen molar-refractivity contribution in [2.75, 3.05) is 26.2 Å². The summed E-state index contributed by atoms with van der Waals surface area (Å²) < 4.78 is 0. The van der Waals surface area contributed by atoms with Crippen molar-refractivity contribution in [3.05, 3.63) is 0 Å². The Morgan fingerprint density at radius 1 is 1.33 bits per heavy atom. The fourth-order valence-corrected chi connectivity index (χ4v) is 2.29. The van der Waals surface area contributed by atoms with Gasteiger partial charge in [-0.1, -0.05) is 20.3 Å². The van der Waals surface area contributed by atoms with Crippen LogP contribution < -0.4 is 5.32 Å². The van der Waals surface area contributed by atoms with Crippen LogP contribution in [-0.4, -0.2) is 37.1 Å². The third-order valence-electron chi connectivity index (χ3n) is 3.52. The molecule has 1 heterocycles. The second-order valence-electron chi connectivity index (χ2n) is 5.17. The van der Waals surface area contributed by atoms with Crippen LogP contribution in [0.4, 0.5) is 0 Å². The fraction of sp³-hybridized carbons (Fsp3) is 1.00. The highest BCUT2D eigenvalue weighted by Crippen LogP contribution is 2.15. The van der Waals surface area contributed by atoms with Crippen molar-refractivity contribution in [1.29, 1.82) is 0 Å². The van der Waals surface area contributed by atoms with Crippen LogP contribution in [0.1, 0.15) is 46.5 Å². The van der Waals surface area contributed by atoms with Gasteiger partial charge in [-0.25, -0.2) is 0 Å². The van der Waals surface area contributed by atoms with Crippen molar-refractivity contribution in [2.45, 2.75) is 52.5 Å². The molecule has 0 amide bonds. The van der Waals surface area contributed by atoms with Crippen molar-refractivity contribution in [3.63, 3.8) is 0 Å². The minimum Gasteiger partial charge on any atom is -0.313 e. The topological polar surface area (TPSA) is 15.3 Å². The minimum absolute atomic E-state index is 0.693. The number of nitrogens with zero attached hydrogens (tertiary/aromatic N) is 1. The van der Waals surface area contributed by atoms with Gasteiger partial charge in [-0.15, -0.1) is 0 Å². The Balaban J connectivity index is 2.00. The van der Waals surface area contributed by atoms with Crippen LogP contribution in [-0.2, 0) is 0 Å². The van der Waals surface area contributed by atoms with Crippen molar-refractivity contribution in [2.24, 2.45) is 5.92 Å². The molecule has 1 fully saturated rings. The van der Waals surface area contributed by atoms with Crippen LogP contribution >= 0.6 is 0 Å². The van der Waals surface area contributed by atoms with E-state index in [-0.39, 0.29) is 0 Å². The summed E-state index contributed by atoms with van der Waals surface area (Å²) in [4.78, 5) is 2.60. The summed E-state index contributed by atoms with van der Waals surface area (Å²) in [5, 5.41) is 3.60. The van der Waals surface area contributed by atoms with E-state index >= 15 is 0 Å². The molecule has 1 atom stereocenters. The van der Waals surface area contributed by atoms with E-state index in [9.17, 15) is 0 Å². The normalized spacial score (nSPS) is 21.8. The number of rotatable bonds is 6. The van der Waals surface area contributed by atoms with Gasteiger partial charge in [0, 0.05) is 19.1 Å². The van der Waals surface area contributed by atoms with Crippen molar-refractivity contribution in [3.8, 4) is 0 Å². The van der Waals surface area contributed by atoms with E-state index in [1.54, 1.807) is 0 Å². The van der Waals surface area contributed by atoms with Crippen molar-refractivity contribution in [1.82, 2.24) is 10.2 Å². The van der Waals surface area contributed by atoms with Gasteiger partial charge < -0.3 is 10.2 Å². The molecule has 1 unspecified atom stereocenters. The summed E-state index contributed by atoms with van der Waals surface area (Å²) in [5.41, 5.74) is 0. The van der Waals surface area contributed by atoms with Crippen LogP contribution in [0.5, 0.6) is 0 Å². The van der Waals surface area contributed by atoms with Gasteiger partial charge in [0.05, 0.1) is 0 Å². The maximum absolute atomic E-state index is 3.60. The van der Waals surface area contributed by atoms with Gasteiger partial charge in [-0.05, 0) is 45.2 Å². The molecule has 0 aliphatic carbocycles. The van der Waals surface area contributed by atoms with Gasteiger partial charge in [-0.3, -0.25) is 0 Å². The zero-order valence-corrected chi connectivity index (χ0v) is 10.8. The Kier molecular flexibility index (Phi) is 6.26. The lowest BCUT2D eigenvalue weighted by molar-refractivity contribution is 0.191. The van der Waals surface area contributed by atoms with Crippen LogP contribution in [0.3, 0.4) is 0 Å². The largest absolute Gasteiger partial charge is 0.313 e. The second kappa shape index (κ2) is 7.24. The summed E-state index contributed by atoms with van der Waals surface area (Å²) in [6.07, 6.45) is 5.38. The van der Waals surface area contributed by atoms with Gasteiger partial charge in [0.2, 0.25) is 0 Å². The van der Waals surface area contributed by atoms with E-state index in [0.29, 0.717) is 6.04 Å². The van der Waals surface area contributed by atoms with Gasteiger partial charge in [0.25, 0.3) is 0 Å². The lowest BCUT2D eigenvalue weighted by Crippen LogP contribution is -2.39. The van der Waals surface area contributed by atoms with E-state index in [4.69, 9.17) is 0 Å². The van der Waals surface area contributed by atoms with Crippen LogP contribution in [0.15, 0.2) is 0 Å². The minimum atomic E-state index is 0.693. The second-order valence-corrected chi connectivity index (χ2v) is 5.17. The molecule has 1 saturated heterocycles. The third-order valence-corrected chi connectivity index (χ3v) is 3.52. The Bertz CT molecular complexity index is 151. The lowest BCUT2D eigenvalue weighted by Gasteiger charge is -2.30. The molecular formula is C13H28N2. The number of hydrogen-bond donors (Lipinski definition) is 1. The van der Waals surface area contributed by atoms with E-state index < -0.39 is 0 Å². The number of hydrogen-bond acceptors (Lipinski definition) is 2. The van der Waals surface area contributed by atoms with Crippen molar-refractivity contribution < 1.29 is 0 Å². The molecule has 2 heteroatoms. The van der Waals surface area contributed by atoms with E-state index in [1.165, 1.54) is 45.3 Å². The molecule has 90 valence electrons. The maximum atomic E-state index is 3.60. The molecule has 0 bridgehead atoms. The number of piperidine rings is 1. The average molecular weight is 212 g/mol. The first-order chi connectivity index (χ1) is 7.22. The first-order valence-corrected chi connectivity index (χ1v) is 6.68. The molecule has 1 rings (SSSR count). The summed E-state index contributed by atoms with van der Waals surface area (Å²) in [5.74, 6) is 0.952. The summed E-state index contributed by atoms with van der Waals surface area (Å²) >= 11 is 0. The molecule has 1 aliphatic heterocycles. The molecule has 0 aromatic heterocycles. The third kappa shape index (κ3) is 5.53. The molecular weight excluding hydrogens is 184 g/mol. The van der Waals surface area contributed by atoms with Crippen LogP contribution in [0, 0.1) is 5.92 Å². The smallest absolute Gasteiger partial charge is 0.0107 e. The highest BCUT2D eigenvalue weighted by molar-refractivity contribution is 4.70. The number of likely N-dealkylation sites (tertiary alicyclic amines) is 1. The quantitative estimate of drug-likeness (QED) is 0.728. The first-order valence-electron chi connectivity index (χ1n) is 6.68. The molecule has 0 spiro atoms. The van der Waals surface area contributed by atoms with E-state index in [1.807, 2.05) is 0 Å². The highest BCUT2D eigenvalue weighted by atomic mass is 15.1. The Morgan fingerprint density at radius 2 is 2.00 bits per heavy atom. The van der Waals surface area contributed by atoms with Gasteiger partial charge >= 0.3 is 0 Å². The Hall–Kier alpha value is -0.0800. The van der Waals surface area contributed by atoms with Crippen LogP contribution in [0.2, 0.25) is 0 Å². The monoisotopic (exact) mass is 212 g/mol. The predicted molar refractivity (Wildman–Crippen MR) is 67.2 cm³/mol. The molecule has 1 N–H and O–H groups in total.